The molecule has 20 heavy (non-hydrogen) atoms. The van der Waals surface area contributed by atoms with E-state index in [0.717, 1.165) is 44.1 Å². The highest BCUT2D eigenvalue weighted by Gasteiger charge is 2.22. The molecule has 0 radical (unpaired) electrons. The summed E-state index contributed by atoms with van der Waals surface area (Å²) < 4.78 is 0. The van der Waals surface area contributed by atoms with Crippen LogP contribution < -0.4 is 5.32 Å². The molecule has 0 bridgehead atoms. The maximum Gasteiger partial charge on any atom is 0.129 e. The van der Waals surface area contributed by atoms with Gasteiger partial charge in [0.2, 0.25) is 0 Å². The highest BCUT2D eigenvalue weighted by atomic mass is 14.9. The summed E-state index contributed by atoms with van der Waals surface area (Å²) in [7, 11) is 0. The molecule has 1 N–H and O–H groups in total. The fourth-order valence-electron chi connectivity index (χ4n) is 3.04. The summed E-state index contributed by atoms with van der Waals surface area (Å²) in [5.74, 6) is 2.42. The van der Waals surface area contributed by atoms with Crippen LogP contribution in [0.5, 0.6) is 0 Å². The zero-order valence-electron chi connectivity index (χ0n) is 13.5. The molecular weight excluding hydrogens is 246 g/mol. The molecule has 1 unspecified atom stereocenters. The Bertz CT molecular complexity index is 440. The smallest absolute Gasteiger partial charge is 0.129 e. The van der Waals surface area contributed by atoms with Gasteiger partial charge in [0.05, 0.1) is 0 Å². The lowest BCUT2D eigenvalue weighted by atomic mass is 9.85. The van der Waals surface area contributed by atoms with Crippen molar-refractivity contribution in [3.8, 4) is 0 Å². The third-order valence-corrected chi connectivity index (χ3v) is 4.08. The third-order valence-electron chi connectivity index (χ3n) is 4.08. The molecule has 0 aliphatic heterocycles. The van der Waals surface area contributed by atoms with Gasteiger partial charge in [0.15, 0.2) is 0 Å². The van der Waals surface area contributed by atoms with Gasteiger partial charge < -0.3 is 5.32 Å². The van der Waals surface area contributed by atoms with E-state index in [1.807, 2.05) is 0 Å². The third kappa shape index (κ3) is 4.02. The molecule has 1 aliphatic rings. The van der Waals surface area contributed by atoms with Gasteiger partial charge in [-0.05, 0) is 63.1 Å². The summed E-state index contributed by atoms with van der Waals surface area (Å²) >= 11 is 0. The summed E-state index contributed by atoms with van der Waals surface area (Å²) in [5, 5.41) is 3.55. The van der Waals surface area contributed by atoms with Crippen LogP contribution in [-0.4, -0.2) is 23.1 Å². The molecule has 112 valence electrons. The SMILES string of the molecule is CCCNCC1CCc2nc(CC(C)C)nc(C)c2C1. The molecule has 0 spiro atoms. The van der Waals surface area contributed by atoms with Crippen LogP contribution >= 0.6 is 0 Å². The molecule has 0 aromatic carbocycles. The zero-order chi connectivity index (χ0) is 14.5. The molecule has 0 fully saturated rings. The summed E-state index contributed by atoms with van der Waals surface area (Å²) in [4.78, 5) is 9.54. The molecule has 3 heteroatoms. The second kappa shape index (κ2) is 7.16. The first-order valence-corrected chi connectivity index (χ1v) is 8.16. The lowest BCUT2D eigenvalue weighted by Gasteiger charge is -2.25. The monoisotopic (exact) mass is 275 g/mol. The first kappa shape index (κ1) is 15.4. The second-order valence-corrected chi connectivity index (χ2v) is 6.56. The zero-order valence-corrected chi connectivity index (χ0v) is 13.5. The van der Waals surface area contributed by atoms with Crippen LogP contribution in [-0.2, 0) is 19.3 Å². The molecule has 2 rings (SSSR count). The predicted molar refractivity (Wildman–Crippen MR) is 84.0 cm³/mol. The average molecular weight is 275 g/mol. The van der Waals surface area contributed by atoms with E-state index in [1.165, 1.54) is 29.8 Å². The minimum atomic E-state index is 0.627. The van der Waals surface area contributed by atoms with Crippen molar-refractivity contribution in [1.82, 2.24) is 15.3 Å². The standard InChI is InChI=1S/C17H29N3/c1-5-8-18-11-14-6-7-16-15(10-14)13(4)19-17(20-16)9-12(2)3/h12,14,18H,5-11H2,1-4H3. The Hall–Kier alpha value is -0.960. The molecule has 1 aliphatic carbocycles. The van der Waals surface area contributed by atoms with Gasteiger partial charge in [-0.15, -0.1) is 0 Å². The van der Waals surface area contributed by atoms with Gasteiger partial charge in [0.25, 0.3) is 0 Å². The fourth-order valence-corrected chi connectivity index (χ4v) is 3.04. The van der Waals surface area contributed by atoms with Crippen molar-refractivity contribution in [2.45, 2.75) is 59.8 Å². The predicted octanol–water partition coefficient (Wildman–Crippen LogP) is 3.09. The number of aryl methyl sites for hydroxylation is 2. The summed E-state index contributed by atoms with van der Waals surface area (Å²) in [6, 6.07) is 0. The van der Waals surface area contributed by atoms with Crippen molar-refractivity contribution >= 4 is 0 Å². The quantitative estimate of drug-likeness (QED) is 0.811. The summed E-state index contributed by atoms with van der Waals surface area (Å²) in [6.45, 7) is 11.1. The van der Waals surface area contributed by atoms with Gasteiger partial charge in [0, 0.05) is 17.8 Å². The first-order chi connectivity index (χ1) is 9.60. The molecular formula is C17H29N3. The average Bonchev–Trinajstić information content (AvgIpc) is 2.39. The van der Waals surface area contributed by atoms with Gasteiger partial charge in [-0.1, -0.05) is 20.8 Å². The molecule has 3 nitrogen and oxygen atoms in total. The van der Waals surface area contributed by atoms with E-state index in [0.29, 0.717) is 5.92 Å². The number of nitrogens with zero attached hydrogens (tertiary/aromatic N) is 2. The van der Waals surface area contributed by atoms with Crippen molar-refractivity contribution in [2.75, 3.05) is 13.1 Å². The number of hydrogen-bond acceptors (Lipinski definition) is 3. The van der Waals surface area contributed by atoms with Gasteiger partial charge in [-0.2, -0.15) is 0 Å². The molecule has 0 saturated heterocycles. The van der Waals surface area contributed by atoms with E-state index in [9.17, 15) is 0 Å². The highest BCUT2D eigenvalue weighted by molar-refractivity contribution is 5.28. The number of rotatable bonds is 6. The van der Waals surface area contributed by atoms with Crippen LogP contribution in [0.2, 0.25) is 0 Å². The first-order valence-electron chi connectivity index (χ1n) is 8.16. The number of fused-ring (bicyclic) bond motifs is 1. The van der Waals surface area contributed by atoms with E-state index in [-0.39, 0.29) is 0 Å². The van der Waals surface area contributed by atoms with E-state index in [1.54, 1.807) is 0 Å². The Kier molecular flexibility index (Phi) is 5.53. The topological polar surface area (TPSA) is 37.8 Å². The molecule has 1 atom stereocenters. The number of hydrogen-bond donors (Lipinski definition) is 1. The number of nitrogens with one attached hydrogen (secondary N) is 1. The normalized spacial score (nSPS) is 18.4. The second-order valence-electron chi connectivity index (χ2n) is 6.56. The Morgan fingerprint density at radius 2 is 2.10 bits per heavy atom. The molecule has 0 amide bonds. The molecule has 0 saturated carbocycles. The van der Waals surface area contributed by atoms with Gasteiger partial charge in [-0.25, -0.2) is 9.97 Å². The minimum absolute atomic E-state index is 0.627. The minimum Gasteiger partial charge on any atom is -0.316 e. The Morgan fingerprint density at radius 3 is 2.80 bits per heavy atom. The maximum absolute atomic E-state index is 4.81. The Labute approximate surface area is 123 Å². The van der Waals surface area contributed by atoms with E-state index in [2.05, 4.69) is 33.0 Å². The van der Waals surface area contributed by atoms with E-state index < -0.39 is 0 Å². The van der Waals surface area contributed by atoms with Crippen molar-refractivity contribution in [1.29, 1.82) is 0 Å². The number of aromatic nitrogens is 2. The van der Waals surface area contributed by atoms with E-state index in [4.69, 9.17) is 9.97 Å². The fraction of sp³-hybridized carbons (Fsp3) is 0.765. The van der Waals surface area contributed by atoms with Crippen molar-refractivity contribution < 1.29 is 0 Å². The van der Waals surface area contributed by atoms with Gasteiger partial charge in [-0.3, -0.25) is 0 Å². The molecule has 1 heterocycles. The van der Waals surface area contributed by atoms with Crippen LogP contribution in [0.4, 0.5) is 0 Å². The van der Waals surface area contributed by atoms with Gasteiger partial charge >= 0.3 is 0 Å². The van der Waals surface area contributed by atoms with Crippen molar-refractivity contribution in [3.05, 3.63) is 22.8 Å². The molecule has 1 aromatic rings. The van der Waals surface area contributed by atoms with Crippen LogP contribution in [0.25, 0.3) is 0 Å². The summed E-state index contributed by atoms with van der Waals surface area (Å²) in [6.07, 6.45) is 5.75. The van der Waals surface area contributed by atoms with Crippen LogP contribution in [0, 0.1) is 18.8 Å². The largest absolute Gasteiger partial charge is 0.316 e. The highest BCUT2D eigenvalue weighted by Crippen LogP contribution is 2.26. The lowest BCUT2D eigenvalue weighted by molar-refractivity contribution is 0.417. The maximum atomic E-state index is 4.81. The summed E-state index contributed by atoms with van der Waals surface area (Å²) in [5.41, 5.74) is 3.96. The Morgan fingerprint density at radius 1 is 1.30 bits per heavy atom. The van der Waals surface area contributed by atoms with Crippen LogP contribution in [0.1, 0.15) is 56.4 Å². The van der Waals surface area contributed by atoms with Gasteiger partial charge in [0.1, 0.15) is 5.82 Å². The van der Waals surface area contributed by atoms with Crippen LogP contribution in [0.3, 0.4) is 0 Å². The lowest BCUT2D eigenvalue weighted by Crippen LogP contribution is -2.29. The Balaban J connectivity index is 2.05. The van der Waals surface area contributed by atoms with E-state index >= 15 is 0 Å². The molecule has 1 aromatic heterocycles. The van der Waals surface area contributed by atoms with Crippen molar-refractivity contribution in [3.63, 3.8) is 0 Å². The van der Waals surface area contributed by atoms with Crippen LogP contribution in [0.15, 0.2) is 0 Å². The van der Waals surface area contributed by atoms with Crippen molar-refractivity contribution in [2.24, 2.45) is 11.8 Å².